The Hall–Kier alpha value is -4.41. The van der Waals surface area contributed by atoms with Gasteiger partial charge < -0.3 is 14.8 Å². The van der Waals surface area contributed by atoms with Crippen LogP contribution >= 0.6 is 0 Å². The van der Waals surface area contributed by atoms with Gasteiger partial charge in [0.25, 0.3) is 5.91 Å². The van der Waals surface area contributed by atoms with Crippen LogP contribution in [0.4, 0.5) is 18.9 Å². The maximum atomic E-state index is 12.6. The van der Waals surface area contributed by atoms with Crippen LogP contribution in [-0.4, -0.2) is 32.0 Å². The van der Waals surface area contributed by atoms with Gasteiger partial charge in [-0.05, 0) is 62.7 Å². The average molecular weight is 483 g/mol. The number of alkyl halides is 3. The van der Waals surface area contributed by atoms with E-state index in [1.165, 1.54) is 24.5 Å². The largest absolute Gasteiger partial charge is 0.573 e. The molecule has 1 amide bonds. The number of anilines is 1. The van der Waals surface area contributed by atoms with Gasteiger partial charge in [-0.3, -0.25) is 4.79 Å². The van der Waals surface area contributed by atoms with E-state index in [4.69, 9.17) is 4.74 Å². The van der Waals surface area contributed by atoms with Crippen molar-refractivity contribution in [3.8, 4) is 23.2 Å². The van der Waals surface area contributed by atoms with Gasteiger partial charge in [-0.1, -0.05) is 12.1 Å². The number of carbonyl (C=O) groups is 1. The Morgan fingerprint density at radius 1 is 1.00 bits per heavy atom. The van der Waals surface area contributed by atoms with Crippen molar-refractivity contribution < 1.29 is 27.4 Å². The van der Waals surface area contributed by atoms with Gasteiger partial charge >= 0.3 is 6.36 Å². The van der Waals surface area contributed by atoms with E-state index in [2.05, 4.69) is 25.1 Å². The van der Waals surface area contributed by atoms with Crippen LogP contribution in [0.5, 0.6) is 17.4 Å². The molecule has 0 atom stereocenters. The summed E-state index contributed by atoms with van der Waals surface area (Å²) in [5.74, 6) is -0.0745. The average Bonchev–Trinajstić information content (AvgIpc) is 3.07. The Balaban J connectivity index is 1.46. The normalized spacial score (nSPS) is 11.3. The predicted molar refractivity (Wildman–Crippen MR) is 121 cm³/mol. The minimum absolute atomic E-state index is 0.252. The van der Waals surface area contributed by atoms with E-state index in [1.807, 2.05) is 20.8 Å². The first-order chi connectivity index (χ1) is 16.6. The van der Waals surface area contributed by atoms with E-state index >= 15 is 0 Å². The van der Waals surface area contributed by atoms with Crippen molar-refractivity contribution in [2.75, 3.05) is 5.32 Å². The van der Waals surface area contributed by atoms with Crippen molar-refractivity contribution >= 4 is 11.6 Å². The standard InChI is InChI=1S/C24H20F3N5O3/c1-14-15(2)31-32(16(14)3)21-12-22(29-13-28-21)34-18-10-8-17(9-11-18)30-23(33)19-6-4-5-7-20(19)35-24(25,26)27/h4-13H,1-3H3,(H,30,33). The minimum atomic E-state index is -4.91. The molecule has 2 heterocycles. The lowest BCUT2D eigenvalue weighted by atomic mass is 10.2. The van der Waals surface area contributed by atoms with Gasteiger partial charge in [-0.2, -0.15) is 5.10 Å². The van der Waals surface area contributed by atoms with Crippen LogP contribution < -0.4 is 14.8 Å². The van der Waals surface area contributed by atoms with Crippen molar-refractivity contribution in [3.05, 3.63) is 83.4 Å². The highest BCUT2D eigenvalue weighted by atomic mass is 19.4. The maximum absolute atomic E-state index is 12.6. The first-order valence-corrected chi connectivity index (χ1v) is 10.4. The number of para-hydroxylation sites is 1. The van der Waals surface area contributed by atoms with E-state index in [1.54, 1.807) is 35.0 Å². The lowest BCUT2D eigenvalue weighted by molar-refractivity contribution is -0.274. The Labute approximate surface area is 198 Å². The number of carbonyl (C=O) groups excluding carboxylic acids is 1. The number of nitrogens with zero attached hydrogens (tertiary/aromatic N) is 4. The van der Waals surface area contributed by atoms with Gasteiger partial charge in [-0.15, -0.1) is 13.2 Å². The summed E-state index contributed by atoms with van der Waals surface area (Å²) in [7, 11) is 0. The summed E-state index contributed by atoms with van der Waals surface area (Å²) in [6.45, 7) is 5.84. The maximum Gasteiger partial charge on any atom is 0.573 e. The zero-order chi connectivity index (χ0) is 25.2. The lowest BCUT2D eigenvalue weighted by Crippen LogP contribution is -2.20. The molecule has 8 nitrogen and oxygen atoms in total. The third-order valence-corrected chi connectivity index (χ3v) is 5.19. The topological polar surface area (TPSA) is 91.2 Å². The van der Waals surface area contributed by atoms with Crippen molar-refractivity contribution in [3.63, 3.8) is 0 Å². The molecule has 4 rings (SSSR count). The fraction of sp³-hybridized carbons (Fsp3) is 0.167. The number of ether oxygens (including phenoxy) is 2. The van der Waals surface area contributed by atoms with Crippen LogP contribution in [0.25, 0.3) is 5.82 Å². The molecule has 180 valence electrons. The summed E-state index contributed by atoms with van der Waals surface area (Å²) in [5.41, 5.74) is 3.02. The fourth-order valence-corrected chi connectivity index (χ4v) is 3.24. The number of amides is 1. The van der Waals surface area contributed by atoms with E-state index in [0.717, 1.165) is 23.0 Å². The lowest BCUT2D eigenvalue weighted by Gasteiger charge is -2.13. The Morgan fingerprint density at radius 2 is 1.71 bits per heavy atom. The molecule has 0 spiro atoms. The molecule has 1 N–H and O–H groups in total. The number of benzene rings is 2. The zero-order valence-corrected chi connectivity index (χ0v) is 18.9. The number of aryl methyl sites for hydroxylation is 1. The molecule has 0 unspecified atom stereocenters. The molecule has 0 fully saturated rings. The van der Waals surface area contributed by atoms with Crippen molar-refractivity contribution in [2.24, 2.45) is 0 Å². The van der Waals surface area contributed by atoms with Gasteiger partial charge in [0.05, 0.1) is 11.3 Å². The van der Waals surface area contributed by atoms with E-state index in [9.17, 15) is 18.0 Å². The molecule has 11 heteroatoms. The number of hydrogen-bond donors (Lipinski definition) is 1. The second-order valence-electron chi connectivity index (χ2n) is 7.55. The number of halogens is 3. The first kappa shape index (κ1) is 23.7. The Bertz CT molecular complexity index is 1370. The molecule has 4 aromatic rings. The quantitative estimate of drug-likeness (QED) is 0.388. The highest BCUT2D eigenvalue weighted by Gasteiger charge is 2.32. The number of nitrogens with one attached hydrogen (secondary N) is 1. The summed E-state index contributed by atoms with van der Waals surface area (Å²) in [6, 6.07) is 13.0. The minimum Gasteiger partial charge on any atom is -0.439 e. The van der Waals surface area contributed by atoms with Crippen LogP contribution in [0.3, 0.4) is 0 Å². The summed E-state index contributed by atoms with van der Waals surface area (Å²) in [5, 5.41) is 7.02. The molecule has 0 saturated heterocycles. The van der Waals surface area contributed by atoms with Crippen molar-refractivity contribution in [2.45, 2.75) is 27.1 Å². The molecule has 0 aliphatic heterocycles. The zero-order valence-electron chi connectivity index (χ0n) is 18.9. The fourth-order valence-electron chi connectivity index (χ4n) is 3.24. The molecule has 0 aliphatic carbocycles. The molecule has 2 aromatic carbocycles. The summed E-state index contributed by atoms with van der Waals surface area (Å²) < 4.78 is 49.3. The smallest absolute Gasteiger partial charge is 0.439 e. The molecular formula is C24H20F3N5O3. The Kier molecular flexibility index (Phi) is 6.41. The number of aromatic nitrogens is 4. The van der Waals surface area contributed by atoms with Gasteiger partial charge in [0.15, 0.2) is 5.82 Å². The highest BCUT2D eigenvalue weighted by Crippen LogP contribution is 2.28. The van der Waals surface area contributed by atoms with Crippen LogP contribution in [0.2, 0.25) is 0 Å². The SMILES string of the molecule is Cc1nn(-c2cc(Oc3ccc(NC(=O)c4ccccc4OC(F)(F)F)cc3)ncn2)c(C)c1C. The van der Waals surface area contributed by atoms with E-state index in [-0.39, 0.29) is 11.4 Å². The second-order valence-corrected chi connectivity index (χ2v) is 7.55. The van der Waals surface area contributed by atoms with Crippen molar-refractivity contribution in [1.29, 1.82) is 0 Å². The van der Waals surface area contributed by atoms with Gasteiger partial charge in [0.1, 0.15) is 17.8 Å². The molecule has 0 radical (unpaired) electrons. The van der Waals surface area contributed by atoms with Crippen molar-refractivity contribution in [1.82, 2.24) is 19.7 Å². The van der Waals surface area contributed by atoms with Gasteiger partial charge in [-0.25, -0.2) is 14.6 Å². The summed E-state index contributed by atoms with van der Waals surface area (Å²) in [6.07, 6.45) is -3.55. The third-order valence-electron chi connectivity index (χ3n) is 5.19. The molecular weight excluding hydrogens is 463 g/mol. The predicted octanol–water partition coefficient (Wildman–Crippen LogP) is 5.53. The van der Waals surface area contributed by atoms with Crippen LogP contribution in [-0.2, 0) is 0 Å². The Morgan fingerprint density at radius 3 is 2.37 bits per heavy atom. The monoisotopic (exact) mass is 483 g/mol. The number of hydrogen-bond acceptors (Lipinski definition) is 6. The van der Waals surface area contributed by atoms with Crippen LogP contribution in [0.1, 0.15) is 27.3 Å². The molecule has 0 saturated carbocycles. The van der Waals surface area contributed by atoms with Gasteiger partial charge in [0, 0.05) is 17.4 Å². The summed E-state index contributed by atoms with van der Waals surface area (Å²) in [4.78, 5) is 20.9. The second kappa shape index (κ2) is 9.45. The number of rotatable bonds is 6. The molecule has 35 heavy (non-hydrogen) atoms. The highest BCUT2D eigenvalue weighted by molar-refractivity contribution is 6.06. The van der Waals surface area contributed by atoms with Gasteiger partial charge in [0.2, 0.25) is 5.88 Å². The molecule has 0 bridgehead atoms. The molecule has 2 aromatic heterocycles. The van der Waals surface area contributed by atoms with E-state index < -0.39 is 18.0 Å². The van der Waals surface area contributed by atoms with Crippen LogP contribution in [0, 0.1) is 20.8 Å². The van der Waals surface area contributed by atoms with E-state index in [0.29, 0.717) is 17.3 Å². The summed E-state index contributed by atoms with van der Waals surface area (Å²) >= 11 is 0. The third kappa shape index (κ3) is 5.57. The van der Waals surface area contributed by atoms with Crippen LogP contribution in [0.15, 0.2) is 60.9 Å². The first-order valence-electron chi connectivity index (χ1n) is 10.4. The molecule has 0 aliphatic rings.